The lowest BCUT2D eigenvalue weighted by molar-refractivity contribution is -0.126. The molecule has 1 unspecified atom stereocenters. The molecule has 3 N–H and O–H groups in total. The second-order valence-electron chi connectivity index (χ2n) is 5.14. The lowest BCUT2D eigenvalue weighted by Gasteiger charge is -2.24. The smallest absolute Gasteiger partial charge is 0.244 e. The summed E-state index contributed by atoms with van der Waals surface area (Å²) < 4.78 is 0.955. The first-order valence-corrected chi connectivity index (χ1v) is 8.18. The number of nitrogens with one attached hydrogen (secondary N) is 1. The van der Waals surface area contributed by atoms with Gasteiger partial charge in [0.15, 0.2) is 0 Å². The zero-order valence-corrected chi connectivity index (χ0v) is 14.6. The number of amides is 1. The molecule has 0 aliphatic heterocycles. The van der Waals surface area contributed by atoms with Crippen LogP contribution < -0.4 is 11.1 Å². The van der Waals surface area contributed by atoms with Gasteiger partial charge in [-0.3, -0.25) is 4.79 Å². The van der Waals surface area contributed by atoms with Crippen LogP contribution in [-0.4, -0.2) is 10.9 Å². The SMILES string of the molecule is Cc1nc(CNC(=O)C(C)(N)c2ccc(Br)cc2)sc1C. The first kappa shape index (κ1) is 16.1. The van der Waals surface area contributed by atoms with Crippen LogP contribution in [0.3, 0.4) is 0 Å². The Morgan fingerprint density at radius 1 is 1.38 bits per heavy atom. The van der Waals surface area contributed by atoms with Gasteiger partial charge in [-0.15, -0.1) is 11.3 Å². The number of benzene rings is 1. The lowest BCUT2D eigenvalue weighted by atomic mass is 9.92. The zero-order chi connectivity index (χ0) is 15.6. The van der Waals surface area contributed by atoms with Gasteiger partial charge in [0.1, 0.15) is 10.5 Å². The Morgan fingerprint density at radius 3 is 2.52 bits per heavy atom. The molecule has 4 nitrogen and oxygen atoms in total. The third-order valence-electron chi connectivity index (χ3n) is 3.39. The summed E-state index contributed by atoms with van der Waals surface area (Å²) in [6.07, 6.45) is 0. The molecule has 6 heteroatoms. The molecule has 1 aromatic carbocycles. The number of carbonyl (C=O) groups is 1. The topological polar surface area (TPSA) is 68.0 Å². The highest BCUT2D eigenvalue weighted by Crippen LogP contribution is 2.21. The molecule has 0 spiro atoms. The number of carbonyl (C=O) groups excluding carboxylic acids is 1. The Labute approximate surface area is 136 Å². The maximum atomic E-state index is 12.3. The van der Waals surface area contributed by atoms with Crippen LogP contribution in [0.2, 0.25) is 0 Å². The van der Waals surface area contributed by atoms with Gasteiger partial charge in [0, 0.05) is 9.35 Å². The second kappa shape index (κ2) is 6.25. The van der Waals surface area contributed by atoms with Gasteiger partial charge in [0.2, 0.25) is 5.91 Å². The molecule has 1 heterocycles. The van der Waals surface area contributed by atoms with Crippen LogP contribution in [0.1, 0.15) is 28.1 Å². The van der Waals surface area contributed by atoms with E-state index in [0.717, 1.165) is 20.7 Å². The van der Waals surface area contributed by atoms with Gasteiger partial charge in [0.25, 0.3) is 0 Å². The molecule has 0 aliphatic rings. The summed E-state index contributed by atoms with van der Waals surface area (Å²) >= 11 is 4.96. The van der Waals surface area contributed by atoms with Crippen LogP contribution >= 0.6 is 27.3 Å². The van der Waals surface area contributed by atoms with E-state index in [2.05, 4.69) is 26.2 Å². The molecule has 2 rings (SSSR count). The molecule has 112 valence electrons. The van der Waals surface area contributed by atoms with Gasteiger partial charge < -0.3 is 11.1 Å². The number of halogens is 1. The van der Waals surface area contributed by atoms with Crippen molar-refractivity contribution in [2.45, 2.75) is 32.9 Å². The highest BCUT2D eigenvalue weighted by molar-refractivity contribution is 9.10. The molecule has 0 aliphatic carbocycles. The van der Waals surface area contributed by atoms with Gasteiger partial charge in [-0.05, 0) is 38.5 Å². The van der Waals surface area contributed by atoms with E-state index in [4.69, 9.17) is 5.73 Å². The Hall–Kier alpha value is -1.24. The lowest BCUT2D eigenvalue weighted by Crippen LogP contribution is -2.48. The van der Waals surface area contributed by atoms with Crippen LogP contribution in [-0.2, 0) is 16.9 Å². The molecular formula is C15H18BrN3OS. The van der Waals surface area contributed by atoms with Gasteiger partial charge in [-0.2, -0.15) is 0 Å². The van der Waals surface area contributed by atoms with Crippen LogP contribution in [0.15, 0.2) is 28.7 Å². The number of hydrogen-bond donors (Lipinski definition) is 2. The minimum Gasteiger partial charge on any atom is -0.348 e. The van der Waals surface area contributed by atoms with Crippen molar-refractivity contribution in [1.82, 2.24) is 10.3 Å². The maximum Gasteiger partial charge on any atom is 0.244 e. The van der Waals surface area contributed by atoms with E-state index in [1.54, 1.807) is 18.3 Å². The number of nitrogens with two attached hydrogens (primary N) is 1. The second-order valence-corrected chi connectivity index (χ2v) is 7.34. The molecule has 0 bridgehead atoms. The summed E-state index contributed by atoms with van der Waals surface area (Å²) in [5.41, 5.74) is 6.90. The number of aryl methyl sites for hydroxylation is 2. The summed E-state index contributed by atoms with van der Waals surface area (Å²) in [6.45, 7) is 6.10. The van der Waals surface area contributed by atoms with Crippen LogP contribution in [0.4, 0.5) is 0 Å². The average molecular weight is 368 g/mol. The molecule has 1 aromatic heterocycles. The standard InChI is InChI=1S/C15H18BrN3OS/c1-9-10(2)21-13(19-9)8-18-14(20)15(3,17)11-4-6-12(16)7-5-11/h4-7H,8,17H2,1-3H3,(H,18,20). The average Bonchev–Trinajstić information content (AvgIpc) is 2.75. The van der Waals surface area contributed by atoms with Crippen molar-refractivity contribution in [3.05, 3.63) is 49.9 Å². The predicted octanol–water partition coefficient (Wildman–Crippen LogP) is 3.01. The molecule has 0 radical (unpaired) electrons. The number of aromatic nitrogens is 1. The van der Waals surface area contributed by atoms with Gasteiger partial charge in [-0.25, -0.2) is 4.98 Å². The van der Waals surface area contributed by atoms with Gasteiger partial charge in [-0.1, -0.05) is 28.1 Å². The predicted molar refractivity (Wildman–Crippen MR) is 89.1 cm³/mol. The Balaban J connectivity index is 2.06. The van der Waals surface area contributed by atoms with E-state index in [-0.39, 0.29) is 5.91 Å². The number of thiazole rings is 1. The van der Waals surface area contributed by atoms with Crippen molar-refractivity contribution in [3.8, 4) is 0 Å². The highest BCUT2D eigenvalue weighted by atomic mass is 79.9. The quantitative estimate of drug-likeness (QED) is 0.872. The van der Waals surface area contributed by atoms with Crippen molar-refractivity contribution in [2.24, 2.45) is 5.73 Å². The van der Waals surface area contributed by atoms with E-state index in [1.165, 1.54) is 4.88 Å². The molecular weight excluding hydrogens is 350 g/mol. The summed E-state index contributed by atoms with van der Waals surface area (Å²) in [5, 5.41) is 3.76. The van der Waals surface area contributed by atoms with Gasteiger partial charge in [0.05, 0.1) is 12.2 Å². The largest absolute Gasteiger partial charge is 0.348 e. The van der Waals surface area contributed by atoms with Crippen molar-refractivity contribution < 1.29 is 4.79 Å². The Morgan fingerprint density at radius 2 is 2.00 bits per heavy atom. The zero-order valence-electron chi connectivity index (χ0n) is 12.2. The molecule has 2 aromatic rings. The Bertz CT molecular complexity index is 630. The van der Waals surface area contributed by atoms with Crippen molar-refractivity contribution in [3.63, 3.8) is 0 Å². The van der Waals surface area contributed by atoms with E-state index in [0.29, 0.717) is 6.54 Å². The monoisotopic (exact) mass is 367 g/mol. The van der Waals surface area contributed by atoms with E-state index in [9.17, 15) is 4.79 Å². The fourth-order valence-electron chi connectivity index (χ4n) is 1.88. The Kier molecular flexibility index (Phi) is 4.81. The van der Waals surface area contributed by atoms with E-state index in [1.807, 2.05) is 38.1 Å². The third kappa shape index (κ3) is 3.70. The minimum absolute atomic E-state index is 0.213. The fourth-order valence-corrected chi connectivity index (χ4v) is 3.02. The molecule has 0 fully saturated rings. The van der Waals surface area contributed by atoms with Crippen molar-refractivity contribution in [1.29, 1.82) is 0 Å². The molecule has 1 atom stereocenters. The number of nitrogens with zero attached hydrogens (tertiary/aromatic N) is 1. The van der Waals surface area contributed by atoms with Crippen molar-refractivity contribution in [2.75, 3.05) is 0 Å². The summed E-state index contributed by atoms with van der Waals surface area (Å²) in [5.74, 6) is -0.213. The summed E-state index contributed by atoms with van der Waals surface area (Å²) in [4.78, 5) is 17.9. The molecule has 1 amide bonds. The number of hydrogen-bond acceptors (Lipinski definition) is 4. The van der Waals surface area contributed by atoms with Crippen LogP contribution in [0, 0.1) is 13.8 Å². The molecule has 0 saturated heterocycles. The molecule has 21 heavy (non-hydrogen) atoms. The summed E-state index contributed by atoms with van der Waals surface area (Å²) in [7, 11) is 0. The number of rotatable bonds is 4. The van der Waals surface area contributed by atoms with Crippen LogP contribution in [0.25, 0.3) is 0 Å². The molecule has 0 saturated carbocycles. The first-order chi connectivity index (χ1) is 9.80. The maximum absolute atomic E-state index is 12.3. The highest BCUT2D eigenvalue weighted by Gasteiger charge is 2.30. The van der Waals surface area contributed by atoms with E-state index < -0.39 is 5.54 Å². The minimum atomic E-state index is -1.07. The normalized spacial score (nSPS) is 13.8. The first-order valence-electron chi connectivity index (χ1n) is 6.57. The van der Waals surface area contributed by atoms with Crippen molar-refractivity contribution >= 4 is 33.2 Å². The van der Waals surface area contributed by atoms with E-state index >= 15 is 0 Å². The van der Waals surface area contributed by atoms with Gasteiger partial charge >= 0.3 is 0 Å². The fraction of sp³-hybridized carbons (Fsp3) is 0.333. The van der Waals surface area contributed by atoms with Crippen LogP contribution in [0.5, 0.6) is 0 Å². The summed E-state index contributed by atoms with van der Waals surface area (Å²) in [6, 6.07) is 7.45. The third-order valence-corrected chi connectivity index (χ3v) is 4.99.